The first-order chi connectivity index (χ1) is 9.50. The van der Waals surface area contributed by atoms with E-state index >= 15 is 0 Å². The quantitative estimate of drug-likeness (QED) is 0.663. The van der Waals surface area contributed by atoms with Gasteiger partial charge in [0.05, 0.1) is 6.04 Å². The third-order valence-corrected chi connectivity index (χ3v) is 3.36. The molecule has 5 heteroatoms. The highest BCUT2D eigenvalue weighted by atomic mass is 15.4. The lowest BCUT2D eigenvalue weighted by Crippen LogP contribution is -2.31. The van der Waals surface area contributed by atoms with Crippen LogP contribution in [0.1, 0.15) is 25.5 Å². The van der Waals surface area contributed by atoms with Gasteiger partial charge in [-0.15, -0.1) is 5.10 Å². The molecule has 2 rings (SSSR count). The molecule has 2 N–H and O–H groups in total. The number of hydrogen-bond donors (Lipinski definition) is 2. The molecule has 1 aromatic carbocycles. The van der Waals surface area contributed by atoms with Crippen LogP contribution in [0.3, 0.4) is 0 Å². The molecule has 1 atom stereocenters. The number of anilines is 1. The molecular weight excluding hydrogens is 250 g/mol. The van der Waals surface area contributed by atoms with Crippen LogP contribution < -0.4 is 10.4 Å². The normalized spacial score (nSPS) is 11.9. The van der Waals surface area contributed by atoms with Crippen LogP contribution >= 0.6 is 0 Å². The number of aromatic nitrogens is 2. The van der Waals surface area contributed by atoms with E-state index in [2.05, 4.69) is 24.2 Å². The van der Waals surface area contributed by atoms with Crippen molar-refractivity contribution in [2.75, 3.05) is 11.9 Å². The summed E-state index contributed by atoms with van der Waals surface area (Å²) in [6, 6.07) is 13.8. The Kier molecular flexibility index (Phi) is 3.98. The zero-order chi connectivity index (χ0) is 14.7. The van der Waals surface area contributed by atoms with Crippen molar-refractivity contribution in [2.24, 2.45) is 0 Å². The Hall–Kier alpha value is -2.43. The van der Waals surface area contributed by atoms with Crippen molar-refractivity contribution in [3.63, 3.8) is 0 Å². The Morgan fingerprint density at radius 3 is 2.45 bits per heavy atom. The maximum atomic E-state index is 7.75. The molecule has 2 aromatic rings. The van der Waals surface area contributed by atoms with Gasteiger partial charge in [-0.25, -0.2) is 4.68 Å². The summed E-state index contributed by atoms with van der Waals surface area (Å²) >= 11 is 0. The SMILES string of the molecule is CC(=N)n1nc(N(C)[C@H](C)c2ccccc2)ccc1=N. The third-order valence-electron chi connectivity index (χ3n) is 3.36. The summed E-state index contributed by atoms with van der Waals surface area (Å²) in [5.74, 6) is 0.974. The second-order valence-electron chi connectivity index (χ2n) is 4.77. The molecule has 0 fully saturated rings. The fourth-order valence-electron chi connectivity index (χ4n) is 2.01. The Bertz CT molecular complexity index is 659. The van der Waals surface area contributed by atoms with Crippen molar-refractivity contribution < 1.29 is 0 Å². The predicted octanol–water partition coefficient (Wildman–Crippen LogP) is 2.41. The molecule has 0 aliphatic heterocycles. The van der Waals surface area contributed by atoms with Crippen LogP contribution in [0.5, 0.6) is 0 Å². The first kappa shape index (κ1) is 14.0. The first-order valence-corrected chi connectivity index (χ1v) is 6.49. The van der Waals surface area contributed by atoms with Crippen LogP contribution in [0, 0.1) is 10.8 Å². The molecule has 0 bridgehead atoms. The minimum atomic E-state index is 0.166. The van der Waals surface area contributed by atoms with Crippen LogP contribution in [0.25, 0.3) is 0 Å². The largest absolute Gasteiger partial charge is 0.351 e. The standard InChI is InChI=1S/C15H19N5/c1-11(13-7-5-4-6-8-13)19(3)15-10-9-14(17)20(18-15)12(2)16/h4-11,16-17H,1-3H3/t11-/m1/s1. The summed E-state index contributed by atoms with van der Waals surface area (Å²) in [6.07, 6.45) is 0. The smallest absolute Gasteiger partial charge is 0.149 e. The minimum absolute atomic E-state index is 0.166. The van der Waals surface area contributed by atoms with E-state index < -0.39 is 0 Å². The van der Waals surface area contributed by atoms with Crippen molar-refractivity contribution in [2.45, 2.75) is 19.9 Å². The molecule has 5 nitrogen and oxygen atoms in total. The van der Waals surface area contributed by atoms with Gasteiger partial charge in [-0.1, -0.05) is 30.3 Å². The fourth-order valence-corrected chi connectivity index (χ4v) is 2.01. The fraction of sp³-hybridized carbons (Fsp3) is 0.267. The van der Waals surface area contributed by atoms with E-state index in [1.807, 2.05) is 30.1 Å². The van der Waals surface area contributed by atoms with E-state index in [0.29, 0.717) is 0 Å². The number of nitrogens with one attached hydrogen (secondary N) is 2. The van der Waals surface area contributed by atoms with Gasteiger partial charge in [-0.05, 0) is 31.5 Å². The molecule has 0 radical (unpaired) electrons. The van der Waals surface area contributed by atoms with Gasteiger partial charge >= 0.3 is 0 Å². The van der Waals surface area contributed by atoms with Crippen molar-refractivity contribution >= 4 is 11.7 Å². The summed E-state index contributed by atoms with van der Waals surface area (Å²) < 4.78 is 1.32. The van der Waals surface area contributed by atoms with Crippen molar-refractivity contribution in [3.05, 3.63) is 53.5 Å². The van der Waals surface area contributed by atoms with Crippen molar-refractivity contribution in [1.82, 2.24) is 9.78 Å². The number of nitrogens with zero attached hydrogens (tertiary/aromatic N) is 3. The summed E-state index contributed by atoms with van der Waals surface area (Å²) in [6.45, 7) is 3.72. The van der Waals surface area contributed by atoms with Crippen molar-refractivity contribution in [1.29, 1.82) is 10.8 Å². The lowest BCUT2D eigenvalue weighted by atomic mass is 10.1. The number of hydrogen-bond acceptors (Lipinski definition) is 4. The Morgan fingerprint density at radius 1 is 1.20 bits per heavy atom. The van der Waals surface area contributed by atoms with Crippen molar-refractivity contribution in [3.8, 4) is 0 Å². The van der Waals surface area contributed by atoms with E-state index in [1.165, 1.54) is 10.2 Å². The van der Waals surface area contributed by atoms with Gasteiger partial charge in [0, 0.05) is 7.05 Å². The van der Waals surface area contributed by atoms with Gasteiger partial charge < -0.3 is 4.90 Å². The van der Waals surface area contributed by atoms with Crippen LogP contribution in [0.15, 0.2) is 42.5 Å². The zero-order valence-corrected chi connectivity index (χ0v) is 12.0. The average molecular weight is 269 g/mol. The first-order valence-electron chi connectivity index (χ1n) is 6.49. The molecule has 0 spiro atoms. The van der Waals surface area contributed by atoms with E-state index in [4.69, 9.17) is 10.8 Å². The van der Waals surface area contributed by atoms with Crippen LogP contribution in [0.4, 0.5) is 5.82 Å². The summed E-state index contributed by atoms with van der Waals surface area (Å²) in [7, 11) is 1.97. The Balaban J connectivity index is 2.34. The summed E-state index contributed by atoms with van der Waals surface area (Å²) in [4.78, 5) is 2.04. The third kappa shape index (κ3) is 2.77. The van der Waals surface area contributed by atoms with Crippen LogP contribution in [-0.2, 0) is 0 Å². The molecule has 0 unspecified atom stereocenters. The molecule has 0 aliphatic rings. The van der Waals surface area contributed by atoms with Crippen LogP contribution in [-0.4, -0.2) is 22.7 Å². The molecule has 1 heterocycles. The maximum absolute atomic E-state index is 7.75. The number of rotatable bonds is 3. The molecule has 1 aromatic heterocycles. The molecule has 104 valence electrons. The monoisotopic (exact) mass is 269 g/mol. The molecule has 20 heavy (non-hydrogen) atoms. The highest BCUT2D eigenvalue weighted by Crippen LogP contribution is 2.22. The average Bonchev–Trinajstić information content (AvgIpc) is 2.47. The summed E-state index contributed by atoms with van der Waals surface area (Å²) in [5, 5.41) is 19.7. The van der Waals surface area contributed by atoms with E-state index in [-0.39, 0.29) is 17.4 Å². The van der Waals surface area contributed by atoms with Gasteiger partial charge in [0.1, 0.15) is 17.1 Å². The molecule has 0 amide bonds. The van der Waals surface area contributed by atoms with E-state index in [1.54, 1.807) is 19.1 Å². The van der Waals surface area contributed by atoms with Gasteiger partial charge in [0.2, 0.25) is 0 Å². The minimum Gasteiger partial charge on any atom is -0.351 e. The van der Waals surface area contributed by atoms with Gasteiger partial charge in [0.15, 0.2) is 0 Å². The summed E-state index contributed by atoms with van der Waals surface area (Å²) in [5.41, 5.74) is 1.41. The Morgan fingerprint density at radius 2 is 1.85 bits per heavy atom. The highest BCUT2D eigenvalue weighted by molar-refractivity contribution is 5.77. The van der Waals surface area contributed by atoms with E-state index in [0.717, 1.165) is 5.82 Å². The zero-order valence-electron chi connectivity index (χ0n) is 12.0. The topological polar surface area (TPSA) is 68.8 Å². The highest BCUT2D eigenvalue weighted by Gasteiger charge is 2.14. The van der Waals surface area contributed by atoms with Crippen LogP contribution in [0.2, 0.25) is 0 Å². The predicted molar refractivity (Wildman–Crippen MR) is 80.1 cm³/mol. The lowest BCUT2D eigenvalue weighted by molar-refractivity contribution is 0.699. The van der Waals surface area contributed by atoms with E-state index in [9.17, 15) is 0 Å². The second kappa shape index (κ2) is 5.69. The second-order valence-corrected chi connectivity index (χ2v) is 4.77. The maximum Gasteiger partial charge on any atom is 0.149 e. The molecule has 0 saturated heterocycles. The van der Waals surface area contributed by atoms with Gasteiger partial charge in [-0.2, -0.15) is 0 Å². The number of benzene rings is 1. The Labute approximate surface area is 118 Å². The lowest BCUT2D eigenvalue weighted by Gasteiger charge is -2.26. The molecular formula is C15H19N5. The molecule has 0 aliphatic carbocycles. The van der Waals surface area contributed by atoms with Gasteiger partial charge in [0.25, 0.3) is 0 Å². The van der Waals surface area contributed by atoms with Gasteiger partial charge in [-0.3, -0.25) is 10.8 Å². The molecule has 0 saturated carbocycles.